The molecule has 2 aromatic rings. The van der Waals surface area contributed by atoms with Crippen molar-refractivity contribution in [2.24, 2.45) is 0 Å². The van der Waals surface area contributed by atoms with E-state index in [2.05, 4.69) is 41.7 Å². The van der Waals surface area contributed by atoms with Crippen molar-refractivity contribution in [2.45, 2.75) is 38.1 Å². The molecule has 0 fully saturated rings. The van der Waals surface area contributed by atoms with Gasteiger partial charge < -0.3 is 4.74 Å². The second-order valence-corrected chi connectivity index (χ2v) is 7.19. The van der Waals surface area contributed by atoms with E-state index in [9.17, 15) is 8.78 Å². The second-order valence-electron chi connectivity index (χ2n) is 5.69. The van der Waals surface area contributed by atoms with E-state index in [1.165, 1.54) is 23.5 Å². The lowest BCUT2D eigenvalue weighted by Gasteiger charge is -2.14. The summed E-state index contributed by atoms with van der Waals surface area (Å²) < 4.78 is 32.8. The average Bonchev–Trinajstić information content (AvgIpc) is 2.86. The van der Waals surface area contributed by atoms with E-state index in [4.69, 9.17) is 4.74 Å². The van der Waals surface area contributed by atoms with E-state index in [-0.39, 0.29) is 17.8 Å². The molecule has 0 saturated heterocycles. The van der Waals surface area contributed by atoms with Crippen molar-refractivity contribution in [3.8, 4) is 5.75 Å². The van der Waals surface area contributed by atoms with Crippen LogP contribution in [0.4, 0.5) is 8.78 Å². The molecule has 0 amide bonds. The van der Waals surface area contributed by atoms with Gasteiger partial charge in [-0.05, 0) is 17.7 Å². The van der Waals surface area contributed by atoms with Gasteiger partial charge in [0.1, 0.15) is 11.6 Å². The maximum Gasteiger partial charge on any atom is 0.191 e. The maximum atomic E-state index is 13.8. The number of nitrogens with zero attached hydrogens (tertiary/aromatic N) is 1. The van der Waals surface area contributed by atoms with Crippen LogP contribution in [-0.4, -0.2) is 4.98 Å². The Morgan fingerprint density at radius 2 is 1.86 bits per heavy atom. The molecule has 2 nitrogen and oxygen atoms in total. The minimum Gasteiger partial charge on any atom is -0.480 e. The molecule has 0 unspecified atom stereocenters. The molecule has 0 aliphatic heterocycles. The third kappa shape index (κ3) is 4.01. The summed E-state index contributed by atoms with van der Waals surface area (Å²) in [6.45, 7) is 6.24. The molecule has 0 N–H and O–H groups in total. The summed E-state index contributed by atoms with van der Waals surface area (Å²) in [4.78, 5) is 4.43. The van der Waals surface area contributed by atoms with Gasteiger partial charge in [0.05, 0.1) is 5.69 Å². The van der Waals surface area contributed by atoms with E-state index in [1.807, 2.05) is 5.38 Å². The van der Waals surface area contributed by atoms with Crippen molar-refractivity contribution >= 4 is 27.3 Å². The Hall–Kier alpha value is -1.01. The average molecular weight is 376 g/mol. The summed E-state index contributed by atoms with van der Waals surface area (Å²) in [6, 6.07) is 2.52. The number of aromatic nitrogens is 1. The molecular weight excluding hydrogens is 360 g/mol. The van der Waals surface area contributed by atoms with Gasteiger partial charge in [0, 0.05) is 16.1 Å². The van der Waals surface area contributed by atoms with Crippen LogP contribution in [0.5, 0.6) is 5.75 Å². The molecule has 2 rings (SSSR count). The van der Waals surface area contributed by atoms with Crippen LogP contribution in [-0.2, 0) is 17.4 Å². The van der Waals surface area contributed by atoms with Crippen molar-refractivity contribution < 1.29 is 13.5 Å². The van der Waals surface area contributed by atoms with Gasteiger partial charge in [0.2, 0.25) is 0 Å². The molecule has 0 bridgehead atoms. The van der Waals surface area contributed by atoms with Crippen LogP contribution in [0.1, 0.15) is 37.0 Å². The maximum absolute atomic E-state index is 13.8. The standard InChI is InChI=1S/C15H16BrF2NOS/c1-15(2,3)12-8-21-13(19-12)7-20-14-10(17)4-9(6-16)5-11(14)18/h4-5,8H,6-7H2,1-3H3. The molecule has 6 heteroatoms. The van der Waals surface area contributed by atoms with Gasteiger partial charge in [-0.3, -0.25) is 0 Å². The fourth-order valence-corrected chi connectivity index (χ4v) is 2.94. The number of ether oxygens (including phenoxy) is 1. The van der Waals surface area contributed by atoms with Crippen molar-refractivity contribution in [3.63, 3.8) is 0 Å². The monoisotopic (exact) mass is 375 g/mol. The number of hydrogen-bond donors (Lipinski definition) is 0. The van der Waals surface area contributed by atoms with Gasteiger partial charge in [-0.15, -0.1) is 11.3 Å². The summed E-state index contributed by atoms with van der Waals surface area (Å²) in [5.41, 5.74) is 1.42. The molecular formula is C15H16BrF2NOS. The van der Waals surface area contributed by atoms with Crippen molar-refractivity contribution in [1.29, 1.82) is 0 Å². The predicted molar refractivity (Wildman–Crippen MR) is 84.1 cm³/mol. The van der Waals surface area contributed by atoms with E-state index < -0.39 is 11.6 Å². The van der Waals surface area contributed by atoms with E-state index in [1.54, 1.807) is 0 Å². The summed E-state index contributed by atoms with van der Waals surface area (Å²) in [5.74, 6) is -1.75. The van der Waals surface area contributed by atoms with Crippen LogP contribution in [0.15, 0.2) is 17.5 Å². The van der Waals surface area contributed by atoms with Crippen molar-refractivity contribution in [2.75, 3.05) is 0 Å². The first-order valence-electron chi connectivity index (χ1n) is 6.43. The largest absolute Gasteiger partial charge is 0.480 e. The minimum atomic E-state index is -0.697. The predicted octanol–water partition coefficient (Wildman–Crippen LogP) is 5.19. The lowest BCUT2D eigenvalue weighted by Crippen LogP contribution is -2.11. The fourth-order valence-electron chi connectivity index (χ4n) is 1.68. The molecule has 0 aliphatic rings. The zero-order valence-corrected chi connectivity index (χ0v) is 14.4. The summed E-state index contributed by atoms with van der Waals surface area (Å²) in [6.07, 6.45) is 0. The van der Waals surface area contributed by atoms with Crippen molar-refractivity contribution in [1.82, 2.24) is 4.98 Å². The number of thiazole rings is 1. The lowest BCUT2D eigenvalue weighted by atomic mass is 9.93. The first-order valence-corrected chi connectivity index (χ1v) is 8.43. The Morgan fingerprint density at radius 3 is 2.33 bits per heavy atom. The smallest absolute Gasteiger partial charge is 0.191 e. The number of alkyl halides is 1. The summed E-state index contributed by atoms with van der Waals surface area (Å²) >= 11 is 4.59. The highest BCUT2D eigenvalue weighted by atomic mass is 79.9. The zero-order chi connectivity index (χ0) is 15.6. The third-order valence-electron chi connectivity index (χ3n) is 2.87. The molecule has 0 aliphatic carbocycles. The van der Waals surface area contributed by atoms with E-state index in [0.29, 0.717) is 15.9 Å². The first kappa shape index (κ1) is 16.4. The van der Waals surface area contributed by atoms with E-state index in [0.717, 1.165) is 5.69 Å². The summed E-state index contributed by atoms with van der Waals surface area (Å²) in [7, 11) is 0. The van der Waals surface area contributed by atoms with Gasteiger partial charge in [-0.25, -0.2) is 13.8 Å². The molecule has 1 aromatic heterocycles. The quantitative estimate of drug-likeness (QED) is 0.685. The van der Waals surface area contributed by atoms with Gasteiger partial charge in [0.15, 0.2) is 17.4 Å². The van der Waals surface area contributed by atoms with Crippen LogP contribution >= 0.6 is 27.3 Å². The molecule has 0 spiro atoms. The molecule has 1 heterocycles. The second kappa shape index (κ2) is 6.40. The number of halogens is 3. The lowest BCUT2D eigenvalue weighted by molar-refractivity contribution is 0.273. The van der Waals surface area contributed by atoms with Gasteiger partial charge >= 0.3 is 0 Å². The third-order valence-corrected chi connectivity index (χ3v) is 4.34. The normalized spacial score (nSPS) is 11.7. The highest BCUT2D eigenvalue weighted by Crippen LogP contribution is 2.27. The van der Waals surface area contributed by atoms with Gasteiger partial charge in [-0.1, -0.05) is 36.7 Å². The van der Waals surface area contributed by atoms with Crippen molar-refractivity contribution in [3.05, 3.63) is 45.4 Å². The molecule has 114 valence electrons. The highest BCUT2D eigenvalue weighted by Gasteiger charge is 2.18. The van der Waals surface area contributed by atoms with Crippen LogP contribution in [0.3, 0.4) is 0 Å². The fraction of sp³-hybridized carbons (Fsp3) is 0.400. The molecule has 1 aromatic carbocycles. The Bertz CT molecular complexity index is 614. The Labute approximate surface area is 135 Å². The summed E-state index contributed by atoms with van der Waals surface area (Å²) in [5, 5.41) is 3.03. The van der Waals surface area contributed by atoms with E-state index >= 15 is 0 Å². The van der Waals surface area contributed by atoms with Gasteiger partial charge in [-0.2, -0.15) is 0 Å². The number of hydrogen-bond acceptors (Lipinski definition) is 3. The van der Waals surface area contributed by atoms with Gasteiger partial charge in [0.25, 0.3) is 0 Å². The van der Waals surface area contributed by atoms with Crippen LogP contribution in [0.25, 0.3) is 0 Å². The Kier molecular flexibility index (Phi) is 4.99. The van der Waals surface area contributed by atoms with Crippen LogP contribution in [0.2, 0.25) is 0 Å². The Morgan fingerprint density at radius 1 is 1.24 bits per heavy atom. The Balaban J connectivity index is 2.12. The highest BCUT2D eigenvalue weighted by molar-refractivity contribution is 9.08. The minimum absolute atomic E-state index is 0.0528. The molecule has 0 atom stereocenters. The topological polar surface area (TPSA) is 22.1 Å². The SMILES string of the molecule is CC(C)(C)c1csc(COc2c(F)cc(CBr)cc2F)n1. The zero-order valence-electron chi connectivity index (χ0n) is 12.0. The molecule has 0 saturated carbocycles. The molecule has 21 heavy (non-hydrogen) atoms. The number of rotatable bonds is 4. The van der Waals surface area contributed by atoms with Crippen LogP contribution < -0.4 is 4.74 Å². The first-order chi connectivity index (χ1) is 9.81. The molecule has 0 radical (unpaired) electrons. The number of benzene rings is 1. The van der Waals surface area contributed by atoms with Crippen LogP contribution in [0, 0.1) is 11.6 Å².